The predicted octanol–water partition coefficient (Wildman–Crippen LogP) is 1.28. The molecule has 4 heteroatoms. The van der Waals surface area contributed by atoms with E-state index >= 15 is 0 Å². The van der Waals surface area contributed by atoms with Crippen LogP contribution in [0.15, 0.2) is 35.1 Å². The van der Waals surface area contributed by atoms with Gasteiger partial charge >= 0.3 is 0 Å². The lowest BCUT2D eigenvalue weighted by molar-refractivity contribution is -0.840. The van der Waals surface area contributed by atoms with Gasteiger partial charge in [-0.3, -0.25) is 0 Å². The molecule has 0 radical (unpaired) electrons. The highest BCUT2D eigenvalue weighted by Gasteiger charge is 2.05. The molecule has 0 N–H and O–H groups in total. The number of rotatable bonds is 1. The van der Waals surface area contributed by atoms with Gasteiger partial charge in [0.15, 0.2) is 10.7 Å². The van der Waals surface area contributed by atoms with Gasteiger partial charge in [0, 0.05) is 5.56 Å². The van der Waals surface area contributed by atoms with Gasteiger partial charge in [0.1, 0.15) is 0 Å². The highest BCUT2D eigenvalue weighted by Crippen LogP contribution is 2.16. The van der Waals surface area contributed by atoms with E-state index in [2.05, 4.69) is 9.62 Å². The topological polar surface area (TPSA) is 53.0 Å². The average molecular weight is 176 g/mol. The van der Waals surface area contributed by atoms with Crippen LogP contribution in [-0.4, -0.2) is 5.10 Å². The highest BCUT2D eigenvalue weighted by molar-refractivity contribution is 5.57. The summed E-state index contributed by atoms with van der Waals surface area (Å²) in [6.45, 7) is 1.98. The number of aromatic nitrogens is 2. The van der Waals surface area contributed by atoms with Gasteiger partial charge < -0.3 is 4.52 Å². The van der Waals surface area contributed by atoms with Gasteiger partial charge in [0.05, 0.1) is 11.4 Å². The zero-order chi connectivity index (χ0) is 9.26. The fraction of sp³-hybridized carbons (Fsp3) is 0.111. The number of aryl methyl sites for hydroxylation is 1. The van der Waals surface area contributed by atoms with E-state index in [0.717, 1.165) is 11.1 Å². The van der Waals surface area contributed by atoms with E-state index in [1.807, 2.05) is 31.2 Å². The molecule has 0 unspecified atom stereocenters. The second kappa shape index (κ2) is 2.90. The van der Waals surface area contributed by atoms with E-state index in [1.165, 1.54) is 6.26 Å². The zero-order valence-electron chi connectivity index (χ0n) is 7.10. The molecule has 0 saturated heterocycles. The van der Waals surface area contributed by atoms with Crippen molar-refractivity contribution in [1.29, 1.82) is 0 Å². The van der Waals surface area contributed by atoms with Gasteiger partial charge in [-0.15, -0.1) is 0 Å². The molecule has 1 aromatic carbocycles. The average Bonchev–Trinajstić information content (AvgIpc) is 2.52. The van der Waals surface area contributed by atoms with E-state index in [4.69, 9.17) is 0 Å². The normalized spacial score (nSPS) is 10.2. The molecule has 1 heterocycles. The Labute approximate surface area is 75.0 Å². The Kier molecular flexibility index (Phi) is 1.73. The Hall–Kier alpha value is -1.84. The van der Waals surface area contributed by atoms with Gasteiger partial charge in [-0.2, -0.15) is 0 Å². The SMILES string of the molecule is Cc1cccc(-c2co[n+]([O-])n2)c1. The fourth-order valence-corrected chi connectivity index (χ4v) is 1.16. The van der Waals surface area contributed by atoms with E-state index in [-0.39, 0.29) is 5.02 Å². The molecule has 0 bridgehead atoms. The van der Waals surface area contributed by atoms with E-state index in [0.29, 0.717) is 5.69 Å². The van der Waals surface area contributed by atoms with Crippen LogP contribution in [0, 0.1) is 12.1 Å². The van der Waals surface area contributed by atoms with Gasteiger partial charge in [0.2, 0.25) is 0 Å². The molecule has 0 aliphatic rings. The van der Waals surface area contributed by atoms with E-state index in [1.54, 1.807) is 0 Å². The maximum Gasteiger partial charge on any atom is 0.178 e. The quantitative estimate of drug-likeness (QED) is 0.615. The molecule has 2 aromatic rings. The van der Waals surface area contributed by atoms with Crippen molar-refractivity contribution in [2.45, 2.75) is 6.92 Å². The van der Waals surface area contributed by atoms with Crippen molar-refractivity contribution in [1.82, 2.24) is 5.10 Å². The molecule has 13 heavy (non-hydrogen) atoms. The minimum absolute atomic E-state index is 0.192. The van der Waals surface area contributed by atoms with Gasteiger partial charge in [0.25, 0.3) is 0 Å². The Morgan fingerprint density at radius 3 is 2.92 bits per heavy atom. The minimum atomic E-state index is 0.192. The first kappa shape index (κ1) is 7.79. The van der Waals surface area contributed by atoms with Crippen molar-refractivity contribution in [3.63, 3.8) is 0 Å². The first-order valence-electron chi connectivity index (χ1n) is 3.88. The van der Waals surface area contributed by atoms with Crippen LogP contribution in [-0.2, 0) is 0 Å². The summed E-state index contributed by atoms with van der Waals surface area (Å²) in [5.74, 6) is 0. The minimum Gasteiger partial charge on any atom is -0.350 e. The van der Waals surface area contributed by atoms with Crippen molar-refractivity contribution < 1.29 is 9.54 Å². The first-order valence-corrected chi connectivity index (χ1v) is 3.88. The monoisotopic (exact) mass is 176 g/mol. The van der Waals surface area contributed by atoms with Crippen LogP contribution in [0.3, 0.4) is 0 Å². The van der Waals surface area contributed by atoms with Crippen LogP contribution >= 0.6 is 0 Å². The van der Waals surface area contributed by atoms with E-state index < -0.39 is 0 Å². The third-order valence-electron chi connectivity index (χ3n) is 1.76. The fourth-order valence-electron chi connectivity index (χ4n) is 1.16. The molecule has 0 aliphatic heterocycles. The Morgan fingerprint density at radius 1 is 1.46 bits per heavy atom. The van der Waals surface area contributed by atoms with Crippen molar-refractivity contribution >= 4 is 0 Å². The van der Waals surface area contributed by atoms with Crippen molar-refractivity contribution in [3.8, 4) is 11.3 Å². The first-order chi connectivity index (χ1) is 6.25. The van der Waals surface area contributed by atoms with Crippen LogP contribution in [0.4, 0.5) is 0 Å². The molecule has 0 fully saturated rings. The van der Waals surface area contributed by atoms with Crippen molar-refractivity contribution in [3.05, 3.63) is 41.3 Å². The van der Waals surface area contributed by atoms with E-state index in [9.17, 15) is 5.21 Å². The van der Waals surface area contributed by atoms with Gasteiger partial charge in [-0.25, -0.2) is 5.21 Å². The van der Waals surface area contributed by atoms with Crippen LogP contribution in [0.2, 0.25) is 0 Å². The van der Waals surface area contributed by atoms with Crippen molar-refractivity contribution in [2.75, 3.05) is 0 Å². The van der Waals surface area contributed by atoms with Crippen LogP contribution in [0.25, 0.3) is 11.3 Å². The molecule has 0 amide bonds. The lowest BCUT2D eigenvalue weighted by Gasteiger charge is -1.94. The summed E-state index contributed by atoms with van der Waals surface area (Å²) in [6.07, 6.45) is 1.34. The Morgan fingerprint density at radius 2 is 2.31 bits per heavy atom. The van der Waals surface area contributed by atoms with Gasteiger partial charge in [-0.05, 0) is 13.0 Å². The van der Waals surface area contributed by atoms with Crippen LogP contribution in [0.1, 0.15) is 5.56 Å². The standard InChI is InChI=1S/C9H8N2O2/c1-7-3-2-4-8(5-7)9-6-13-11(12)10-9/h2-6H,1H3. The largest absolute Gasteiger partial charge is 0.350 e. The number of hydrogen-bond donors (Lipinski definition) is 0. The van der Waals surface area contributed by atoms with Crippen molar-refractivity contribution in [2.24, 2.45) is 0 Å². The highest BCUT2D eigenvalue weighted by atomic mass is 16.7. The Balaban J connectivity index is 2.46. The second-order valence-corrected chi connectivity index (χ2v) is 2.82. The molecule has 0 aliphatic carbocycles. The number of hydrogen-bond acceptors (Lipinski definition) is 3. The predicted molar refractivity (Wildman–Crippen MR) is 45.6 cm³/mol. The molecule has 0 atom stereocenters. The summed E-state index contributed by atoms with van der Waals surface area (Å²) < 4.78 is 4.51. The summed E-state index contributed by atoms with van der Waals surface area (Å²) in [5, 5.41) is 14.4. The third-order valence-corrected chi connectivity index (χ3v) is 1.76. The van der Waals surface area contributed by atoms with Crippen LogP contribution < -0.4 is 5.02 Å². The maximum atomic E-state index is 10.6. The summed E-state index contributed by atoms with van der Waals surface area (Å²) in [7, 11) is 0. The third kappa shape index (κ3) is 1.51. The molecular formula is C9H8N2O2. The molecule has 0 spiro atoms. The molecule has 0 saturated carbocycles. The number of nitrogens with zero attached hydrogens (tertiary/aromatic N) is 2. The smallest absolute Gasteiger partial charge is 0.178 e. The molecular weight excluding hydrogens is 168 g/mol. The summed E-state index contributed by atoms with van der Waals surface area (Å²) >= 11 is 0. The second-order valence-electron chi connectivity index (χ2n) is 2.82. The summed E-state index contributed by atoms with van der Waals surface area (Å²) in [5.41, 5.74) is 2.56. The van der Waals surface area contributed by atoms with Gasteiger partial charge in [-0.1, -0.05) is 23.8 Å². The summed E-state index contributed by atoms with van der Waals surface area (Å²) in [4.78, 5) is 0. The molecule has 4 nitrogen and oxygen atoms in total. The lowest BCUT2D eigenvalue weighted by Crippen LogP contribution is -2.26. The maximum absolute atomic E-state index is 10.6. The Bertz CT molecular complexity index is 423. The number of benzene rings is 1. The zero-order valence-corrected chi connectivity index (χ0v) is 7.10. The molecule has 2 rings (SSSR count). The summed E-state index contributed by atoms with van der Waals surface area (Å²) in [6, 6.07) is 7.71. The molecule has 1 aromatic heterocycles. The molecule has 66 valence electrons. The van der Waals surface area contributed by atoms with Crippen LogP contribution in [0.5, 0.6) is 0 Å². The lowest BCUT2D eigenvalue weighted by atomic mass is 10.1.